The van der Waals surface area contributed by atoms with Crippen molar-refractivity contribution in [1.29, 1.82) is 0 Å². The highest BCUT2D eigenvalue weighted by Gasteiger charge is 2.30. The maximum atomic E-state index is 11.6. The summed E-state index contributed by atoms with van der Waals surface area (Å²) in [5.41, 5.74) is 0. The molecule has 1 heterocycles. The lowest BCUT2D eigenvalue weighted by Gasteiger charge is -2.39. The smallest absolute Gasteiger partial charge is 0.219 e. The number of amides is 1. The van der Waals surface area contributed by atoms with Gasteiger partial charge in [-0.15, -0.1) is 0 Å². The van der Waals surface area contributed by atoms with Crippen molar-refractivity contribution in [3.63, 3.8) is 0 Å². The topological polar surface area (TPSA) is 52.6 Å². The standard InChI is InChI=1S/C15H28N2O2/c1-12(19)17-10-13(5-4-8-18)9-15(11-17)16-14-6-2-3-7-14/h13-16,18H,2-11H2,1H3. The van der Waals surface area contributed by atoms with Crippen molar-refractivity contribution in [2.24, 2.45) is 5.92 Å². The van der Waals surface area contributed by atoms with Crippen LogP contribution in [-0.2, 0) is 4.79 Å². The van der Waals surface area contributed by atoms with Gasteiger partial charge in [-0.2, -0.15) is 0 Å². The van der Waals surface area contributed by atoms with Crippen LogP contribution < -0.4 is 5.32 Å². The van der Waals surface area contributed by atoms with Crippen molar-refractivity contribution in [3.05, 3.63) is 0 Å². The molecule has 2 fully saturated rings. The molecule has 0 bridgehead atoms. The van der Waals surface area contributed by atoms with Gasteiger partial charge in [0.2, 0.25) is 5.91 Å². The first-order chi connectivity index (χ1) is 9.19. The molecule has 0 radical (unpaired) electrons. The Kier molecular flexibility index (Phi) is 5.64. The maximum absolute atomic E-state index is 11.6. The predicted molar refractivity (Wildman–Crippen MR) is 75.9 cm³/mol. The number of nitrogens with zero attached hydrogens (tertiary/aromatic N) is 1. The number of likely N-dealkylation sites (tertiary alicyclic amines) is 1. The minimum Gasteiger partial charge on any atom is -0.396 e. The van der Waals surface area contributed by atoms with Gasteiger partial charge in [-0.25, -0.2) is 0 Å². The van der Waals surface area contributed by atoms with Crippen LogP contribution in [0.1, 0.15) is 51.9 Å². The molecule has 1 aliphatic carbocycles. The monoisotopic (exact) mass is 268 g/mol. The molecule has 1 saturated heterocycles. The van der Waals surface area contributed by atoms with Gasteiger partial charge in [0.05, 0.1) is 0 Å². The van der Waals surface area contributed by atoms with Crippen LogP contribution >= 0.6 is 0 Å². The number of carbonyl (C=O) groups is 1. The van der Waals surface area contributed by atoms with Crippen LogP contribution in [0.2, 0.25) is 0 Å². The molecule has 4 nitrogen and oxygen atoms in total. The van der Waals surface area contributed by atoms with E-state index in [0.717, 1.165) is 32.4 Å². The van der Waals surface area contributed by atoms with Crippen LogP contribution in [0.15, 0.2) is 0 Å². The lowest BCUT2D eigenvalue weighted by Crippen LogP contribution is -2.52. The first-order valence-corrected chi connectivity index (χ1v) is 7.81. The molecule has 0 aromatic rings. The molecule has 2 aliphatic rings. The first-order valence-electron chi connectivity index (χ1n) is 7.81. The van der Waals surface area contributed by atoms with Gasteiger partial charge in [0, 0.05) is 38.7 Å². The Morgan fingerprint density at radius 3 is 2.63 bits per heavy atom. The Morgan fingerprint density at radius 1 is 1.26 bits per heavy atom. The van der Waals surface area contributed by atoms with E-state index in [2.05, 4.69) is 5.32 Å². The fourth-order valence-electron chi connectivity index (χ4n) is 3.60. The zero-order chi connectivity index (χ0) is 13.7. The molecule has 2 N–H and O–H groups in total. The molecule has 4 heteroatoms. The summed E-state index contributed by atoms with van der Waals surface area (Å²) in [6.45, 7) is 3.66. The Balaban J connectivity index is 1.87. The van der Waals surface area contributed by atoms with E-state index in [1.54, 1.807) is 6.92 Å². The number of hydrogen-bond donors (Lipinski definition) is 2. The van der Waals surface area contributed by atoms with E-state index in [4.69, 9.17) is 5.11 Å². The summed E-state index contributed by atoms with van der Waals surface area (Å²) < 4.78 is 0. The largest absolute Gasteiger partial charge is 0.396 e. The van der Waals surface area contributed by atoms with E-state index < -0.39 is 0 Å². The fourth-order valence-corrected chi connectivity index (χ4v) is 3.60. The van der Waals surface area contributed by atoms with Crippen LogP contribution in [0.3, 0.4) is 0 Å². The van der Waals surface area contributed by atoms with Crippen molar-refractivity contribution in [3.8, 4) is 0 Å². The Bertz CT molecular complexity index is 290. The molecule has 1 aliphatic heterocycles. The third-order valence-corrected chi connectivity index (χ3v) is 4.58. The van der Waals surface area contributed by atoms with Crippen LogP contribution in [-0.4, -0.2) is 47.7 Å². The van der Waals surface area contributed by atoms with Crippen LogP contribution in [0, 0.1) is 5.92 Å². The average Bonchev–Trinajstić information content (AvgIpc) is 2.89. The number of aliphatic hydroxyl groups excluding tert-OH is 1. The first kappa shape index (κ1) is 14.8. The quantitative estimate of drug-likeness (QED) is 0.795. The summed E-state index contributed by atoms with van der Waals surface area (Å²) >= 11 is 0. The summed E-state index contributed by atoms with van der Waals surface area (Å²) in [6.07, 6.45) is 8.30. The Hall–Kier alpha value is -0.610. The lowest BCUT2D eigenvalue weighted by molar-refractivity contribution is -0.131. The van der Waals surface area contributed by atoms with Gasteiger partial charge >= 0.3 is 0 Å². The van der Waals surface area contributed by atoms with E-state index >= 15 is 0 Å². The fraction of sp³-hybridized carbons (Fsp3) is 0.933. The average molecular weight is 268 g/mol. The summed E-state index contributed by atoms with van der Waals surface area (Å²) in [7, 11) is 0. The van der Waals surface area contributed by atoms with Crippen molar-refractivity contribution in [1.82, 2.24) is 10.2 Å². The van der Waals surface area contributed by atoms with Gasteiger partial charge in [0.15, 0.2) is 0 Å². The number of rotatable bonds is 5. The van der Waals surface area contributed by atoms with Gasteiger partial charge in [-0.3, -0.25) is 4.79 Å². The molecule has 2 rings (SSSR count). The van der Waals surface area contributed by atoms with Gasteiger partial charge in [0.1, 0.15) is 0 Å². The molecular formula is C15H28N2O2. The number of carbonyl (C=O) groups excluding carboxylic acids is 1. The van der Waals surface area contributed by atoms with Crippen LogP contribution in [0.5, 0.6) is 0 Å². The van der Waals surface area contributed by atoms with E-state index in [-0.39, 0.29) is 12.5 Å². The highest BCUT2D eigenvalue weighted by Crippen LogP contribution is 2.24. The molecule has 0 aromatic heterocycles. The third kappa shape index (κ3) is 4.46. The van der Waals surface area contributed by atoms with Crippen molar-refractivity contribution in [2.45, 2.75) is 64.0 Å². The van der Waals surface area contributed by atoms with Gasteiger partial charge in [-0.1, -0.05) is 12.8 Å². The zero-order valence-corrected chi connectivity index (χ0v) is 12.1. The maximum Gasteiger partial charge on any atom is 0.219 e. The number of aliphatic hydroxyl groups is 1. The second kappa shape index (κ2) is 7.25. The summed E-state index contributed by atoms with van der Waals surface area (Å²) in [4.78, 5) is 13.6. The van der Waals surface area contributed by atoms with Crippen molar-refractivity contribution < 1.29 is 9.90 Å². The molecule has 1 saturated carbocycles. The lowest BCUT2D eigenvalue weighted by atomic mass is 9.90. The van der Waals surface area contributed by atoms with E-state index in [1.807, 2.05) is 4.90 Å². The second-order valence-electron chi connectivity index (χ2n) is 6.24. The molecule has 0 spiro atoms. The number of piperidine rings is 1. The summed E-state index contributed by atoms with van der Waals surface area (Å²) in [6, 6.07) is 1.11. The zero-order valence-electron chi connectivity index (χ0n) is 12.1. The molecule has 110 valence electrons. The third-order valence-electron chi connectivity index (χ3n) is 4.58. The molecule has 1 amide bonds. The molecule has 19 heavy (non-hydrogen) atoms. The van der Waals surface area contributed by atoms with Crippen LogP contribution in [0.25, 0.3) is 0 Å². The van der Waals surface area contributed by atoms with E-state index in [0.29, 0.717) is 18.0 Å². The minimum atomic E-state index is 0.187. The summed E-state index contributed by atoms with van der Waals surface area (Å²) in [5.74, 6) is 0.732. The SMILES string of the molecule is CC(=O)N1CC(CCCO)CC(NC2CCCC2)C1. The van der Waals surface area contributed by atoms with E-state index in [9.17, 15) is 4.79 Å². The van der Waals surface area contributed by atoms with Gasteiger partial charge < -0.3 is 15.3 Å². The van der Waals surface area contributed by atoms with E-state index in [1.165, 1.54) is 25.7 Å². The normalized spacial score (nSPS) is 28.8. The number of hydrogen-bond acceptors (Lipinski definition) is 3. The predicted octanol–water partition coefficient (Wildman–Crippen LogP) is 1.53. The minimum absolute atomic E-state index is 0.187. The highest BCUT2D eigenvalue weighted by atomic mass is 16.2. The highest BCUT2D eigenvalue weighted by molar-refractivity contribution is 5.73. The molecule has 2 atom stereocenters. The van der Waals surface area contributed by atoms with Crippen LogP contribution in [0.4, 0.5) is 0 Å². The molecule has 2 unspecified atom stereocenters. The second-order valence-corrected chi connectivity index (χ2v) is 6.24. The van der Waals surface area contributed by atoms with Crippen molar-refractivity contribution >= 4 is 5.91 Å². The van der Waals surface area contributed by atoms with Gasteiger partial charge in [-0.05, 0) is 38.0 Å². The Morgan fingerprint density at radius 2 is 2.00 bits per heavy atom. The molecule has 0 aromatic carbocycles. The van der Waals surface area contributed by atoms with Crippen molar-refractivity contribution in [2.75, 3.05) is 19.7 Å². The van der Waals surface area contributed by atoms with Gasteiger partial charge in [0.25, 0.3) is 0 Å². The number of nitrogens with one attached hydrogen (secondary N) is 1. The summed E-state index contributed by atoms with van der Waals surface area (Å²) in [5, 5.41) is 12.7. The Labute approximate surface area is 116 Å². The molecular weight excluding hydrogens is 240 g/mol.